The molecule has 0 atom stereocenters. The summed E-state index contributed by atoms with van der Waals surface area (Å²) in [7, 11) is 1.64. The average molecular weight is 579 g/mol. The summed E-state index contributed by atoms with van der Waals surface area (Å²) < 4.78 is 11.6. The van der Waals surface area contributed by atoms with Crippen molar-refractivity contribution in [2.75, 3.05) is 26.7 Å². The largest absolute Gasteiger partial charge is 0.466 e. The summed E-state index contributed by atoms with van der Waals surface area (Å²) in [6.07, 6.45) is -0.162. The molecule has 226 valence electrons. The Labute approximate surface area is 247 Å². The predicted molar refractivity (Wildman–Crippen MR) is 161 cm³/mol. The highest BCUT2D eigenvalue weighted by Gasteiger charge is 2.19. The van der Waals surface area contributed by atoms with Crippen molar-refractivity contribution in [3.8, 4) is 0 Å². The van der Waals surface area contributed by atoms with Gasteiger partial charge in [-0.2, -0.15) is 5.10 Å². The van der Waals surface area contributed by atoms with Crippen LogP contribution in [0.3, 0.4) is 0 Å². The van der Waals surface area contributed by atoms with Crippen LogP contribution in [0.1, 0.15) is 60.4 Å². The molecule has 2 aromatic carbocycles. The summed E-state index contributed by atoms with van der Waals surface area (Å²) in [5, 5.41) is 6.98. The van der Waals surface area contributed by atoms with E-state index in [1.807, 2.05) is 71.0 Å². The standard InChI is InChI=1S/C16H18N2O3.C16H24N2O3/c1-3-21-16(20)10-13-5-4-6-14(9-13)11-18-15(19)8-7-12(2)17-18;1-12-6-8-13(9-7-12)14(19)17-10-11-18(5)15(20)21-16(2,3)4/h4-9H,3,10-11H2,1-2H3;6-9H,10-11H2,1-5H3,(H,17,19). The number of hydrogen-bond donors (Lipinski definition) is 1. The van der Waals surface area contributed by atoms with E-state index in [4.69, 9.17) is 9.47 Å². The molecule has 0 aliphatic carbocycles. The van der Waals surface area contributed by atoms with E-state index in [1.54, 1.807) is 32.2 Å². The number of likely N-dealkylation sites (N-methyl/N-ethyl adjacent to an activating group) is 1. The molecule has 1 heterocycles. The van der Waals surface area contributed by atoms with Crippen molar-refractivity contribution in [3.63, 3.8) is 0 Å². The van der Waals surface area contributed by atoms with Gasteiger partial charge in [-0.25, -0.2) is 9.48 Å². The molecular formula is C32H42N4O6. The molecule has 0 bridgehead atoms. The molecule has 0 aliphatic rings. The van der Waals surface area contributed by atoms with E-state index >= 15 is 0 Å². The van der Waals surface area contributed by atoms with Crippen LogP contribution in [-0.2, 0) is 27.2 Å². The number of carbonyl (C=O) groups is 3. The Morgan fingerprint density at radius 1 is 0.976 bits per heavy atom. The van der Waals surface area contributed by atoms with Gasteiger partial charge in [0.2, 0.25) is 0 Å². The number of hydrogen-bond acceptors (Lipinski definition) is 7. The van der Waals surface area contributed by atoms with Gasteiger partial charge in [-0.05, 0) is 70.9 Å². The number of nitrogens with one attached hydrogen (secondary N) is 1. The minimum atomic E-state index is -0.517. The Kier molecular flexibility index (Phi) is 12.9. The lowest BCUT2D eigenvalue weighted by atomic mass is 10.1. The van der Waals surface area contributed by atoms with Gasteiger partial charge in [0.15, 0.2) is 0 Å². The monoisotopic (exact) mass is 578 g/mol. The third kappa shape index (κ3) is 12.4. The van der Waals surface area contributed by atoms with Gasteiger partial charge < -0.3 is 19.7 Å². The van der Waals surface area contributed by atoms with Gasteiger partial charge in [0, 0.05) is 31.8 Å². The second kappa shape index (κ2) is 16.1. The van der Waals surface area contributed by atoms with Crippen LogP contribution in [0.5, 0.6) is 0 Å². The first kappa shape index (κ1) is 33.7. The quantitative estimate of drug-likeness (QED) is 0.376. The number of rotatable bonds is 9. The first-order chi connectivity index (χ1) is 19.8. The van der Waals surface area contributed by atoms with Crippen LogP contribution in [0.15, 0.2) is 65.5 Å². The summed E-state index contributed by atoms with van der Waals surface area (Å²) in [4.78, 5) is 48.3. The average Bonchev–Trinajstić information content (AvgIpc) is 2.91. The van der Waals surface area contributed by atoms with Crippen molar-refractivity contribution in [1.82, 2.24) is 20.0 Å². The molecule has 3 aromatic rings. The third-order valence-electron chi connectivity index (χ3n) is 5.73. The van der Waals surface area contributed by atoms with E-state index in [0.717, 1.165) is 22.4 Å². The number of ether oxygens (including phenoxy) is 2. The number of benzene rings is 2. The van der Waals surface area contributed by atoms with Gasteiger partial charge in [0.05, 0.1) is 25.3 Å². The van der Waals surface area contributed by atoms with Crippen LogP contribution in [0.25, 0.3) is 0 Å². The molecule has 1 N–H and O–H groups in total. The minimum Gasteiger partial charge on any atom is -0.466 e. The number of aromatic nitrogens is 2. The first-order valence-corrected chi connectivity index (χ1v) is 13.8. The number of amides is 2. The van der Waals surface area contributed by atoms with Gasteiger partial charge in [-0.3, -0.25) is 14.4 Å². The van der Waals surface area contributed by atoms with Gasteiger partial charge in [0.25, 0.3) is 11.5 Å². The molecule has 0 saturated heterocycles. The zero-order chi connectivity index (χ0) is 31.3. The zero-order valence-corrected chi connectivity index (χ0v) is 25.6. The van der Waals surface area contributed by atoms with Crippen molar-refractivity contribution >= 4 is 18.0 Å². The van der Waals surface area contributed by atoms with Crippen molar-refractivity contribution in [2.24, 2.45) is 0 Å². The first-order valence-electron chi connectivity index (χ1n) is 13.8. The van der Waals surface area contributed by atoms with Crippen molar-refractivity contribution in [2.45, 2.75) is 60.1 Å². The van der Waals surface area contributed by atoms with E-state index < -0.39 is 11.7 Å². The van der Waals surface area contributed by atoms with Crippen LogP contribution in [0.4, 0.5) is 4.79 Å². The maximum absolute atomic E-state index is 11.9. The Balaban J connectivity index is 0.000000293. The summed E-state index contributed by atoms with van der Waals surface area (Å²) in [6, 6.07) is 18.1. The van der Waals surface area contributed by atoms with E-state index in [-0.39, 0.29) is 23.9 Å². The molecule has 0 aliphatic heterocycles. The molecule has 0 fully saturated rings. The zero-order valence-electron chi connectivity index (χ0n) is 25.6. The molecule has 3 rings (SSSR count). The molecule has 0 unspecified atom stereocenters. The van der Waals surface area contributed by atoms with E-state index in [1.165, 1.54) is 15.6 Å². The van der Waals surface area contributed by atoms with Gasteiger partial charge in [-0.1, -0.05) is 42.0 Å². The van der Waals surface area contributed by atoms with Gasteiger partial charge in [0.1, 0.15) is 5.60 Å². The van der Waals surface area contributed by atoms with Crippen LogP contribution in [0, 0.1) is 13.8 Å². The van der Waals surface area contributed by atoms with Crippen LogP contribution in [-0.4, -0.2) is 65.0 Å². The minimum absolute atomic E-state index is 0.142. The SMILES string of the molecule is CCOC(=O)Cc1cccc(Cn2nc(C)ccc2=O)c1.Cc1ccc(C(=O)NCCN(C)C(=O)OC(C)(C)C)cc1. The van der Waals surface area contributed by atoms with E-state index in [9.17, 15) is 19.2 Å². The lowest BCUT2D eigenvalue weighted by Crippen LogP contribution is -2.39. The predicted octanol–water partition coefficient (Wildman–Crippen LogP) is 4.30. The fraction of sp³-hybridized carbons (Fsp3) is 0.406. The van der Waals surface area contributed by atoms with Crippen molar-refractivity contribution < 1.29 is 23.9 Å². The molecule has 42 heavy (non-hydrogen) atoms. The normalized spacial score (nSPS) is 10.6. The maximum Gasteiger partial charge on any atom is 0.410 e. The molecule has 10 heteroatoms. The van der Waals surface area contributed by atoms with Crippen LogP contribution < -0.4 is 10.9 Å². The number of aryl methyl sites for hydroxylation is 2. The molecule has 2 amide bonds. The molecule has 1 aromatic heterocycles. The van der Waals surface area contributed by atoms with Gasteiger partial charge >= 0.3 is 12.1 Å². The fourth-order valence-corrected chi connectivity index (χ4v) is 3.63. The third-order valence-corrected chi connectivity index (χ3v) is 5.73. The molecule has 0 saturated carbocycles. The Morgan fingerprint density at radius 3 is 2.29 bits per heavy atom. The highest BCUT2D eigenvalue weighted by atomic mass is 16.6. The second-order valence-electron chi connectivity index (χ2n) is 10.8. The van der Waals surface area contributed by atoms with Gasteiger partial charge in [-0.15, -0.1) is 0 Å². The Hall–Kier alpha value is -4.47. The van der Waals surface area contributed by atoms with Crippen molar-refractivity contribution in [3.05, 3.63) is 99.0 Å². The summed E-state index contributed by atoms with van der Waals surface area (Å²) in [6.45, 7) is 12.6. The van der Waals surface area contributed by atoms with Crippen LogP contribution >= 0.6 is 0 Å². The number of nitrogens with zero attached hydrogens (tertiary/aromatic N) is 3. The second-order valence-corrected chi connectivity index (χ2v) is 10.8. The molecule has 0 radical (unpaired) electrons. The molecular weight excluding hydrogens is 536 g/mol. The van der Waals surface area contributed by atoms with Crippen LogP contribution in [0.2, 0.25) is 0 Å². The van der Waals surface area contributed by atoms with E-state index in [0.29, 0.717) is 31.8 Å². The Bertz CT molecular complexity index is 1390. The maximum atomic E-state index is 11.9. The lowest BCUT2D eigenvalue weighted by molar-refractivity contribution is -0.142. The Morgan fingerprint density at radius 2 is 1.64 bits per heavy atom. The highest BCUT2D eigenvalue weighted by molar-refractivity contribution is 5.94. The summed E-state index contributed by atoms with van der Waals surface area (Å²) in [5.41, 5.74) is 3.64. The van der Waals surface area contributed by atoms with E-state index in [2.05, 4.69) is 10.4 Å². The number of esters is 1. The molecule has 0 spiro atoms. The topological polar surface area (TPSA) is 120 Å². The smallest absolute Gasteiger partial charge is 0.410 e. The number of carbonyl (C=O) groups excluding carboxylic acids is 3. The molecule has 10 nitrogen and oxygen atoms in total. The highest BCUT2D eigenvalue weighted by Crippen LogP contribution is 2.09. The summed E-state index contributed by atoms with van der Waals surface area (Å²) in [5.74, 6) is -0.395. The fourth-order valence-electron chi connectivity index (χ4n) is 3.63. The lowest BCUT2D eigenvalue weighted by Gasteiger charge is -2.24. The van der Waals surface area contributed by atoms with Crippen molar-refractivity contribution in [1.29, 1.82) is 0 Å². The summed E-state index contributed by atoms with van der Waals surface area (Å²) >= 11 is 0.